The molecule has 0 saturated heterocycles. The lowest BCUT2D eigenvalue weighted by Crippen LogP contribution is -2.39. The van der Waals surface area contributed by atoms with E-state index >= 15 is 0 Å². The van der Waals surface area contributed by atoms with E-state index in [4.69, 9.17) is 9.97 Å². The lowest BCUT2D eigenvalue weighted by Gasteiger charge is -2.22. The Hall–Kier alpha value is 0.0600. The maximum Gasteiger partial charge on any atom is 0.169 e. The maximum atomic E-state index is 4.89. The van der Waals surface area contributed by atoms with Crippen molar-refractivity contribution in [1.29, 1.82) is 0 Å². The van der Waals surface area contributed by atoms with E-state index in [1.807, 2.05) is 0 Å². The zero-order valence-corrected chi connectivity index (χ0v) is 32.8. The fraction of sp³-hybridized carbons (Fsp3) is 0.462. The number of pyridine rings is 2. The number of aryl methyl sites for hydroxylation is 2. The molecular weight excluding hydrogens is 744 g/mol. The van der Waals surface area contributed by atoms with Crippen LogP contribution in [-0.2, 0) is 13.1 Å². The summed E-state index contributed by atoms with van der Waals surface area (Å²) in [5, 5.41) is 2.09. The molecule has 0 aliphatic heterocycles. The third-order valence-electron chi connectivity index (χ3n) is 5.74. The van der Waals surface area contributed by atoms with Crippen molar-refractivity contribution < 1.29 is 18.1 Å². The third-order valence-corrected chi connectivity index (χ3v) is 7.87. The zero-order valence-electron chi connectivity index (χ0n) is 24.6. The molecule has 4 rings (SSSR count). The number of halogens is 8. The van der Waals surface area contributed by atoms with Crippen molar-refractivity contribution in [3.8, 4) is 21.1 Å². The van der Waals surface area contributed by atoms with Crippen molar-refractivity contribution in [2.75, 3.05) is 55.4 Å². The van der Waals surface area contributed by atoms with Gasteiger partial charge in [-0.2, -0.15) is 0 Å². The van der Waals surface area contributed by atoms with Gasteiger partial charge in [0.1, 0.15) is 10.0 Å². The molecule has 4 aromatic heterocycles. The molecule has 16 heteroatoms. The molecule has 0 fully saturated rings. The minimum Gasteiger partial charge on any atom is -0.331 e. The third kappa shape index (κ3) is 15.9. The van der Waals surface area contributed by atoms with Crippen LogP contribution in [0.4, 0.5) is 0 Å². The van der Waals surface area contributed by atoms with Crippen LogP contribution in [0, 0.1) is 0 Å². The number of thiazole rings is 2. The van der Waals surface area contributed by atoms with E-state index in [2.05, 4.69) is 100 Å². The molecule has 4 aromatic rings. The number of quaternary nitrogens is 2. The molecule has 244 valence electrons. The SMILES string of the molecule is C[N+](C)(C)CCC[n+]1ccc(-c2nc3sc(-c4cc[n+](CCC[N+](C)(C)C)cc4)nc3s2)cc1.Cl.Cl.Cl.Cl.Cl.Cl.Cl.Cl. The number of nitrogens with zero attached hydrogens (tertiary/aromatic N) is 6. The van der Waals surface area contributed by atoms with Gasteiger partial charge in [-0.25, -0.2) is 19.1 Å². The van der Waals surface area contributed by atoms with Crippen LogP contribution in [-0.4, -0.2) is 74.3 Å². The van der Waals surface area contributed by atoms with Gasteiger partial charge in [0.05, 0.1) is 68.2 Å². The Bertz CT molecular complexity index is 1120. The molecule has 0 aliphatic carbocycles. The van der Waals surface area contributed by atoms with E-state index in [-0.39, 0.29) is 99.3 Å². The molecule has 0 radical (unpaired) electrons. The van der Waals surface area contributed by atoms with Gasteiger partial charge in [0, 0.05) is 35.4 Å². The predicted octanol–water partition coefficient (Wildman–Crippen LogP) is 7.23. The van der Waals surface area contributed by atoms with Crippen LogP contribution in [0.25, 0.3) is 30.8 Å². The second-order valence-electron chi connectivity index (χ2n) is 11.0. The first kappa shape index (κ1) is 51.6. The van der Waals surface area contributed by atoms with Crippen LogP contribution in [0.1, 0.15) is 12.8 Å². The van der Waals surface area contributed by atoms with Gasteiger partial charge in [0.2, 0.25) is 0 Å². The summed E-state index contributed by atoms with van der Waals surface area (Å²) in [5.41, 5.74) is 2.32. The molecule has 42 heavy (non-hydrogen) atoms. The van der Waals surface area contributed by atoms with Gasteiger partial charge in [-0.3, -0.25) is 0 Å². The van der Waals surface area contributed by atoms with E-state index < -0.39 is 0 Å². The maximum absolute atomic E-state index is 4.89. The van der Waals surface area contributed by atoms with Gasteiger partial charge in [-0.05, 0) is 0 Å². The summed E-state index contributed by atoms with van der Waals surface area (Å²) < 4.78 is 6.53. The molecule has 0 spiro atoms. The van der Waals surface area contributed by atoms with E-state index in [9.17, 15) is 0 Å². The average molecular weight is 790 g/mol. The predicted molar refractivity (Wildman–Crippen MR) is 200 cm³/mol. The summed E-state index contributed by atoms with van der Waals surface area (Å²) in [6.45, 7) is 4.42. The average Bonchev–Trinajstić information content (AvgIpc) is 3.32. The minimum absolute atomic E-state index is 0. The van der Waals surface area contributed by atoms with E-state index in [0.717, 1.165) is 52.9 Å². The van der Waals surface area contributed by atoms with Crippen LogP contribution in [0.15, 0.2) is 49.1 Å². The van der Waals surface area contributed by atoms with Crippen molar-refractivity contribution in [3.05, 3.63) is 49.1 Å². The topological polar surface area (TPSA) is 33.5 Å². The fourth-order valence-electron chi connectivity index (χ4n) is 3.84. The zero-order chi connectivity index (χ0) is 24.3. The second kappa shape index (κ2) is 22.5. The first-order valence-corrected chi connectivity index (χ1v) is 13.6. The molecule has 0 N–H and O–H groups in total. The molecule has 4 heterocycles. The molecule has 0 bridgehead atoms. The van der Waals surface area contributed by atoms with Crippen molar-refractivity contribution in [3.63, 3.8) is 0 Å². The van der Waals surface area contributed by atoms with Crippen LogP contribution < -0.4 is 9.13 Å². The molecule has 0 atom stereocenters. The molecule has 6 nitrogen and oxygen atoms in total. The summed E-state index contributed by atoms with van der Waals surface area (Å²) in [5.74, 6) is 0. The smallest absolute Gasteiger partial charge is 0.169 e. The van der Waals surface area contributed by atoms with Gasteiger partial charge in [-0.1, -0.05) is 22.7 Å². The van der Waals surface area contributed by atoms with Crippen LogP contribution in [0.5, 0.6) is 0 Å². The molecule has 0 aliphatic rings. The normalized spacial score (nSPS) is 10.1. The number of hydrogen-bond donors (Lipinski definition) is 0. The number of rotatable bonds is 10. The summed E-state index contributed by atoms with van der Waals surface area (Å²) in [6, 6.07) is 8.68. The van der Waals surface area contributed by atoms with Gasteiger partial charge >= 0.3 is 0 Å². The number of hydrogen-bond acceptors (Lipinski definition) is 4. The van der Waals surface area contributed by atoms with Crippen molar-refractivity contribution in [2.45, 2.75) is 25.9 Å². The summed E-state index contributed by atoms with van der Waals surface area (Å²) in [6.07, 6.45) is 11.0. The standard InChI is InChI=1S/C26H38N6S2.8ClH/c1-31(2,3)19-7-13-29-15-9-21(10-16-29)23-27-25-26(33-23)28-24(34-25)22-11-17-30(18-12-22)14-8-20-32(4,5)6;;;;;;;;/h9-12,15-18H,7-8,13-14,19-20H2,1-6H3;8*1H/q+4;;;;;;;;. The molecular formula is C26H46Cl8N6S2+4. The second-order valence-corrected chi connectivity index (χ2v) is 13.0. The highest BCUT2D eigenvalue weighted by Gasteiger charge is 2.16. The molecule has 0 amide bonds. The Balaban J connectivity index is -0.000000570. The summed E-state index contributed by atoms with van der Waals surface area (Å²) >= 11 is 3.36. The van der Waals surface area contributed by atoms with E-state index in [1.54, 1.807) is 22.7 Å². The van der Waals surface area contributed by atoms with Crippen molar-refractivity contribution in [2.24, 2.45) is 0 Å². The molecule has 0 unspecified atom stereocenters. The number of aromatic nitrogens is 4. The highest BCUT2D eigenvalue weighted by atomic mass is 35.5. The van der Waals surface area contributed by atoms with Crippen LogP contribution >= 0.6 is 122 Å². The minimum atomic E-state index is 0. The Kier molecular flexibility index (Phi) is 27.7. The monoisotopic (exact) mass is 786 g/mol. The van der Waals surface area contributed by atoms with E-state index in [1.165, 1.54) is 25.9 Å². The lowest BCUT2D eigenvalue weighted by molar-refractivity contribution is -0.873. The highest BCUT2D eigenvalue weighted by Crippen LogP contribution is 2.36. The Morgan fingerprint density at radius 3 is 1.07 bits per heavy atom. The van der Waals surface area contributed by atoms with Crippen LogP contribution in [0.2, 0.25) is 0 Å². The van der Waals surface area contributed by atoms with Gasteiger partial charge in [0.25, 0.3) is 0 Å². The first-order valence-electron chi connectivity index (χ1n) is 11.9. The summed E-state index contributed by atoms with van der Waals surface area (Å²) in [4.78, 5) is 11.8. The molecule has 0 saturated carbocycles. The first-order chi connectivity index (χ1) is 16.1. The largest absolute Gasteiger partial charge is 0.331 e. The Labute approximate surface area is 308 Å². The van der Waals surface area contributed by atoms with Gasteiger partial charge < -0.3 is 8.97 Å². The Morgan fingerprint density at radius 1 is 0.524 bits per heavy atom. The van der Waals surface area contributed by atoms with E-state index in [0.29, 0.717) is 0 Å². The molecule has 0 aromatic carbocycles. The summed E-state index contributed by atoms with van der Waals surface area (Å²) in [7, 11) is 13.4. The van der Waals surface area contributed by atoms with Crippen molar-refractivity contribution >= 4 is 132 Å². The van der Waals surface area contributed by atoms with Gasteiger partial charge in [0.15, 0.2) is 47.5 Å². The lowest BCUT2D eigenvalue weighted by atomic mass is 10.3. The van der Waals surface area contributed by atoms with Crippen molar-refractivity contribution in [1.82, 2.24) is 9.97 Å². The van der Waals surface area contributed by atoms with Crippen LogP contribution in [0.3, 0.4) is 0 Å². The van der Waals surface area contributed by atoms with Gasteiger partial charge in [-0.15, -0.1) is 99.3 Å². The highest BCUT2D eigenvalue weighted by molar-refractivity contribution is 7.29. The quantitative estimate of drug-likeness (QED) is 0.126. The number of fused-ring (bicyclic) bond motifs is 1. The Morgan fingerprint density at radius 2 is 0.810 bits per heavy atom. The fourth-order valence-corrected chi connectivity index (χ4v) is 5.90.